The van der Waals surface area contributed by atoms with Crippen molar-refractivity contribution in [1.29, 1.82) is 0 Å². The van der Waals surface area contributed by atoms with Crippen LogP contribution in [0.25, 0.3) is 6.08 Å². The maximum atomic E-state index is 11.9. The number of hydrogen-bond acceptors (Lipinski definition) is 5. The molecule has 120 valence electrons. The molecule has 0 unspecified atom stereocenters. The maximum Gasteiger partial charge on any atom is 0.363 e. The van der Waals surface area contributed by atoms with Gasteiger partial charge in [-0.05, 0) is 35.9 Å². The first-order valence-corrected chi connectivity index (χ1v) is 7.42. The second-order valence-electron chi connectivity index (χ2n) is 4.81. The van der Waals surface area contributed by atoms with Crippen LogP contribution in [0.4, 0.5) is 5.69 Å². The molecule has 0 spiro atoms. The Morgan fingerprint density at radius 3 is 2.50 bits per heavy atom. The number of nitro groups is 1. The summed E-state index contributed by atoms with van der Waals surface area (Å²) >= 11 is 11.6. The molecule has 0 aliphatic carbocycles. The molecule has 8 heteroatoms. The highest BCUT2D eigenvalue weighted by Gasteiger charge is 2.26. The Morgan fingerprint density at radius 2 is 1.83 bits per heavy atom. The van der Waals surface area contributed by atoms with Gasteiger partial charge in [-0.3, -0.25) is 10.1 Å². The van der Waals surface area contributed by atoms with Gasteiger partial charge in [0.25, 0.3) is 5.69 Å². The quantitative estimate of drug-likeness (QED) is 0.353. The summed E-state index contributed by atoms with van der Waals surface area (Å²) in [6.45, 7) is 0. The third-order valence-corrected chi connectivity index (χ3v) is 3.76. The van der Waals surface area contributed by atoms with E-state index in [4.69, 9.17) is 27.9 Å². The van der Waals surface area contributed by atoms with Gasteiger partial charge >= 0.3 is 5.97 Å². The SMILES string of the molecule is O=C1OC(c2ccc(Cl)c([N+](=O)[O-])c2)=N/C1=C\c1ccc(Cl)cc1. The molecule has 0 fully saturated rings. The van der Waals surface area contributed by atoms with E-state index in [0.29, 0.717) is 10.6 Å². The summed E-state index contributed by atoms with van der Waals surface area (Å²) in [4.78, 5) is 26.3. The predicted octanol–water partition coefficient (Wildman–Crippen LogP) is 4.25. The van der Waals surface area contributed by atoms with Gasteiger partial charge in [0.05, 0.1) is 4.92 Å². The van der Waals surface area contributed by atoms with Crippen LogP contribution in [0.1, 0.15) is 11.1 Å². The fourth-order valence-electron chi connectivity index (χ4n) is 2.04. The van der Waals surface area contributed by atoms with Crippen LogP contribution >= 0.6 is 23.2 Å². The lowest BCUT2D eigenvalue weighted by Crippen LogP contribution is -2.06. The fourth-order valence-corrected chi connectivity index (χ4v) is 2.35. The molecular weight excluding hydrogens is 355 g/mol. The summed E-state index contributed by atoms with van der Waals surface area (Å²) in [6, 6.07) is 10.9. The molecule has 1 aliphatic heterocycles. The number of carbonyl (C=O) groups excluding carboxylic acids is 1. The number of rotatable bonds is 3. The zero-order chi connectivity index (χ0) is 17.3. The van der Waals surface area contributed by atoms with Crippen LogP contribution in [0.2, 0.25) is 10.0 Å². The van der Waals surface area contributed by atoms with Gasteiger partial charge in [-0.15, -0.1) is 0 Å². The van der Waals surface area contributed by atoms with Crippen molar-refractivity contribution in [2.45, 2.75) is 0 Å². The topological polar surface area (TPSA) is 81.8 Å². The maximum absolute atomic E-state index is 11.9. The molecule has 0 N–H and O–H groups in total. The average molecular weight is 363 g/mol. The largest absolute Gasteiger partial charge is 0.402 e. The summed E-state index contributed by atoms with van der Waals surface area (Å²) in [7, 11) is 0. The van der Waals surface area contributed by atoms with Crippen LogP contribution in [0.15, 0.2) is 53.2 Å². The van der Waals surface area contributed by atoms with Crippen molar-refractivity contribution in [3.05, 3.63) is 79.4 Å². The summed E-state index contributed by atoms with van der Waals surface area (Å²) in [6.07, 6.45) is 1.54. The summed E-state index contributed by atoms with van der Waals surface area (Å²) < 4.78 is 5.08. The van der Waals surface area contributed by atoms with Crippen molar-refractivity contribution in [3.63, 3.8) is 0 Å². The van der Waals surface area contributed by atoms with E-state index in [2.05, 4.69) is 4.99 Å². The third kappa shape index (κ3) is 3.29. The lowest BCUT2D eigenvalue weighted by molar-refractivity contribution is -0.384. The van der Waals surface area contributed by atoms with E-state index in [1.54, 1.807) is 24.3 Å². The van der Waals surface area contributed by atoms with Crippen LogP contribution in [-0.4, -0.2) is 16.8 Å². The molecule has 2 aromatic rings. The van der Waals surface area contributed by atoms with Crippen molar-refractivity contribution >= 4 is 46.8 Å². The molecule has 2 aromatic carbocycles. The Labute approximate surface area is 146 Å². The number of nitro benzene ring substituents is 1. The third-order valence-electron chi connectivity index (χ3n) is 3.18. The standard InChI is InChI=1S/C16H8Cl2N2O4/c17-11-4-1-9(2-5-11)7-13-16(21)24-15(19-13)10-3-6-12(18)14(8-10)20(22)23/h1-8H/b13-7-. The van der Waals surface area contributed by atoms with Gasteiger partial charge in [-0.2, -0.15) is 0 Å². The molecule has 6 nitrogen and oxygen atoms in total. The molecule has 3 rings (SSSR count). The van der Waals surface area contributed by atoms with Crippen molar-refractivity contribution in [3.8, 4) is 0 Å². The van der Waals surface area contributed by atoms with Gasteiger partial charge < -0.3 is 4.74 Å². The lowest BCUT2D eigenvalue weighted by atomic mass is 10.2. The summed E-state index contributed by atoms with van der Waals surface area (Å²) in [5.74, 6) is -0.655. The first kappa shape index (κ1) is 16.2. The summed E-state index contributed by atoms with van der Waals surface area (Å²) in [5, 5.41) is 11.5. The van der Waals surface area contributed by atoms with Crippen molar-refractivity contribution < 1.29 is 14.5 Å². The van der Waals surface area contributed by atoms with Crippen LogP contribution in [-0.2, 0) is 9.53 Å². The number of esters is 1. The number of benzene rings is 2. The van der Waals surface area contributed by atoms with Gasteiger partial charge in [-0.25, -0.2) is 9.79 Å². The molecule has 0 bridgehead atoms. The number of ether oxygens (including phenoxy) is 1. The smallest absolute Gasteiger partial charge is 0.363 e. The molecule has 0 atom stereocenters. The average Bonchev–Trinajstić information content (AvgIpc) is 2.90. The Morgan fingerprint density at radius 1 is 1.12 bits per heavy atom. The minimum atomic E-state index is -0.641. The van der Waals surface area contributed by atoms with E-state index in [0.717, 1.165) is 5.56 Å². The van der Waals surface area contributed by atoms with Crippen molar-refractivity contribution in [2.24, 2.45) is 4.99 Å². The van der Waals surface area contributed by atoms with Gasteiger partial charge in [-0.1, -0.05) is 35.3 Å². The molecule has 0 saturated heterocycles. The van der Waals surface area contributed by atoms with Gasteiger partial charge in [0.1, 0.15) is 5.02 Å². The highest BCUT2D eigenvalue weighted by Crippen LogP contribution is 2.27. The van der Waals surface area contributed by atoms with Crippen molar-refractivity contribution in [1.82, 2.24) is 0 Å². The zero-order valence-corrected chi connectivity index (χ0v) is 13.4. The Hall–Kier alpha value is -2.70. The molecule has 0 radical (unpaired) electrons. The number of nitrogens with zero attached hydrogens (tertiary/aromatic N) is 2. The molecule has 0 aromatic heterocycles. The van der Waals surface area contributed by atoms with Crippen LogP contribution in [0, 0.1) is 10.1 Å². The van der Waals surface area contributed by atoms with Crippen LogP contribution in [0.5, 0.6) is 0 Å². The summed E-state index contributed by atoms with van der Waals surface area (Å²) in [5.41, 5.74) is 0.811. The monoisotopic (exact) mass is 362 g/mol. The normalized spacial score (nSPS) is 15.3. The molecule has 0 amide bonds. The van der Waals surface area contributed by atoms with Crippen molar-refractivity contribution in [2.75, 3.05) is 0 Å². The lowest BCUT2D eigenvalue weighted by Gasteiger charge is -2.00. The van der Waals surface area contributed by atoms with Crippen LogP contribution < -0.4 is 0 Å². The molecular formula is C16H8Cl2N2O4. The van der Waals surface area contributed by atoms with Gasteiger partial charge in [0, 0.05) is 16.7 Å². The second-order valence-corrected chi connectivity index (χ2v) is 5.65. The molecule has 1 aliphatic rings. The highest BCUT2D eigenvalue weighted by molar-refractivity contribution is 6.32. The second kappa shape index (κ2) is 6.43. The molecule has 0 saturated carbocycles. The Balaban J connectivity index is 1.96. The fraction of sp³-hybridized carbons (Fsp3) is 0. The first-order chi connectivity index (χ1) is 11.4. The number of aliphatic imine (C=N–C) groups is 1. The molecule has 24 heavy (non-hydrogen) atoms. The van der Waals surface area contributed by atoms with E-state index in [-0.39, 0.29) is 22.3 Å². The molecule has 1 heterocycles. The Kier molecular flexibility index (Phi) is 4.33. The van der Waals surface area contributed by atoms with Gasteiger partial charge in [0.15, 0.2) is 5.70 Å². The van der Waals surface area contributed by atoms with E-state index in [9.17, 15) is 14.9 Å². The number of halogens is 2. The first-order valence-electron chi connectivity index (χ1n) is 6.66. The minimum absolute atomic E-state index is 0.00870. The van der Waals surface area contributed by atoms with E-state index in [1.165, 1.54) is 24.3 Å². The van der Waals surface area contributed by atoms with E-state index < -0.39 is 10.9 Å². The highest BCUT2D eigenvalue weighted by atomic mass is 35.5. The zero-order valence-electron chi connectivity index (χ0n) is 11.9. The number of cyclic esters (lactones) is 1. The van der Waals surface area contributed by atoms with E-state index in [1.807, 2.05) is 0 Å². The predicted molar refractivity (Wildman–Crippen MR) is 90.2 cm³/mol. The van der Waals surface area contributed by atoms with Crippen LogP contribution in [0.3, 0.4) is 0 Å². The Bertz CT molecular complexity index is 905. The number of hydrogen-bond donors (Lipinski definition) is 0. The minimum Gasteiger partial charge on any atom is -0.402 e. The number of carbonyl (C=O) groups is 1. The van der Waals surface area contributed by atoms with Gasteiger partial charge in [0.2, 0.25) is 5.90 Å². The van der Waals surface area contributed by atoms with E-state index >= 15 is 0 Å².